The average molecular weight is 343 g/mol. The molecule has 0 aromatic heterocycles. The predicted molar refractivity (Wildman–Crippen MR) is 88.2 cm³/mol. The molecule has 2 aromatic carbocycles. The second-order valence-electron chi connectivity index (χ2n) is 6.29. The molecule has 2 heterocycles. The van der Waals surface area contributed by atoms with Crippen molar-refractivity contribution in [3.05, 3.63) is 53.3 Å². The fraction of sp³-hybridized carbons (Fsp3) is 0.316. The highest BCUT2D eigenvalue weighted by Gasteiger charge is 2.29. The monoisotopic (exact) mass is 343 g/mol. The summed E-state index contributed by atoms with van der Waals surface area (Å²) in [5, 5.41) is 0. The van der Waals surface area contributed by atoms with Gasteiger partial charge in [0.2, 0.25) is 6.79 Å². The Morgan fingerprint density at radius 3 is 2.60 bits per heavy atom. The topological polar surface area (TPSA) is 48.0 Å². The fourth-order valence-electron chi connectivity index (χ4n) is 3.22. The van der Waals surface area contributed by atoms with Crippen molar-refractivity contribution in [2.45, 2.75) is 25.9 Å². The number of carbonyl (C=O) groups excluding carboxylic acids is 1. The van der Waals surface area contributed by atoms with Gasteiger partial charge in [0.1, 0.15) is 11.6 Å². The van der Waals surface area contributed by atoms with Gasteiger partial charge in [0.15, 0.2) is 18.1 Å². The van der Waals surface area contributed by atoms with Crippen molar-refractivity contribution in [1.29, 1.82) is 0 Å². The van der Waals surface area contributed by atoms with Crippen LogP contribution in [0, 0.1) is 5.82 Å². The Bertz CT molecular complexity index is 806. The Morgan fingerprint density at radius 1 is 1.20 bits per heavy atom. The highest BCUT2D eigenvalue weighted by atomic mass is 19.1. The number of ether oxygens (including phenoxy) is 3. The minimum Gasteiger partial charge on any atom is -0.484 e. The second kappa shape index (κ2) is 6.27. The van der Waals surface area contributed by atoms with Gasteiger partial charge in [0.05, 0.1) is 0 Å². The maximum Gasteiger partial charge on any atom is 0.261 e. The predicted octanol–water partition coefficient (Wildman–Crippen LogP) is 2.91. The average Bonchev–Trinajstić information content (AvgIpc) is 3.05. The zero-order valence-electron chi connectivity index (χ0n) is 13.8. The molecule has 0 fully saturated rings. The maximum absolute atomic E-state index is 12.9. The molecule has 4 rings (SSSR count). The van der Waals surface area contributed by atoms with Crippen LogP contribution in [-0.2, 0) is 17.8 Å². The van der Waals surface area contributed by atoms with Gasteiger partial charge in [0, 0.05) is 12.6 Å². The Kier molecular flexibility index (Phi) is 3.95. The number of halogens is 1. The van der Waals surface area contributed by atoms with Crippen molar-refractivity contribution < 1.29 is 23.4 Å². The summed E-state index contributed by atoms with van der Waals surface area (Å²) in [7, 11) is 0. The van der Waals surface area contributed by atoms with Crippen molar-refractivity contribution in [1.82, 2.24) is 4.90 Å². The number of hydrogen-bond donors (Lipinski definition) is 0. The first-order valence-corrected chi connectivity index (χ1v) is 8.19. The lowest BCUT2D eigenvalue weighted by Gasteiger charge is -2.35. The molecule has 0 saturated carbocycles. The van der Waals surface area contributed by atoms with Gasteiger partial charge in [-0.2, -0.15) is 0 Å². The van der Waals surface area contributed by atoms with Crippen molar-refractivity contribution in [2.24, 2.45) is 0 Å². The Labute approximate surface area is 144 Å². The van der Waals surface area contributed by atoms with Gasteiger partial charge >= 0.3 is 0 Å². The summed E-state index contributed by atoms with van der Waals surface area (Å²) in [6, 6.07) is 9.66. The minimum absolute atomic E-state index is 0.0668. The molecule has 0 N–H and O–H groups in total. The smallest absolute Gasteiger partial charge is 0.261 e. The van der Waals surface area contributed by atoms with E-state index in [4.69, 9.17) is 14.2 Å². The van der Waals surface area contributed by atoms with Gasteiger partial charge in [-0.3, -0.25) is 4.79 Å². The van der Waals surface area contributed by atoms with Gasteiger partial charge in [-0.05, 0) is 60.9 Å². The van der Waals surface area contributed by atoms with Crippen molar-refractivity contribution in [2.75, 3.05) is 13.4 Å². The van der Waals surface area contributed by atoms with Crippen LogP contribution in [0.15, 0.2) is 36.4 Å². The van der Waals surface area contributed by atoms with Gasteiger partial charge in [-0.1, -0.05) is 0 Å². The quantitative estimate of drug-likeness (QED) is 0.860. The van der Waals surface area contributed by atoms with E-state index in [1.807, 2.05) is 19.1 Å². The van der Waals surface area contributed by atoms with Gasteiger partial charge in [-0.15, -0.1) is 0 Å². The summed E-state index contributed by atoms with van der Waals surface area (Å²) >= 11 is 0. The fourth-order valence-corrected chi connectivity index (χ4v) is 3.22. The summed E-state index contributed by atoms with van der Waals surface area (Å²) in [5.74, 6) is 1.54. The van der Waals surface area contributed by atoms with E-state index in [0.29, 0.717) is 12.3 Å². The standard InChI is InChI=1S/C19H18FNO4/c1-12-6-13-7-17-18(25-11-24-17)8-14(13)9-21(12)19(22)10-23-16-4-2-15(20)3-5-16/h2-5,7-8,12H,6,9-11H2,1H3. The number of rotatable bonds is 3. The summed E-state index contributed by atoms with van der Waals surface area (Å²) in [5.41, 5.74) is 2.25. The number of carbonyl (C=O) groups is 1. The summed E-state index contributed by atoms with van der Waals surface area (Å²) in [6.45, 7) is 2.69. The third kappa shape index (κ3) is 3.12. The van der Waals surface area contributed by atoms with E-state index in [0.717, 1.165) is 23.5 Å². The van der Waals surface area contributed by atoms with Gasteiger partial charge in [-0.25, -0.2) is 4.39 Å². The molecule has 0 aliphatic carbocycles. The second-order valence-corrected chi connectivity index (χ2v) is 6.29. The number of benzene rings is 2. The Morgan fingerprint density at radius 2 is 1.88 bits per heavy atom. The molecule has 0 saturated heterocycles. The molecule has 0 bridgehead atoms. The number of amides is 1. The highest BCUT2D eigenvalue weighted by molar-refractivity contribution is 5.78. The summed E-state index contributed by atoms with van der Waals surface area (Å²) in [4.78, 5) is 14.4. The molecule has 1 atom stereocenters. The van der Waals surface area contributed by atoms with E-state index >= 15 is 0 Å². The highest BCUT2D eigenvalue weighted by Crippen LogP contribution is 2.37. The molecular weight excluding hydrogens is 325 g/mol. The normalized spacial score (nSPS) is 18.0. The maximum atomic E-state index is 12.9. The zero-order valence-corrected chi connectivity index (χ0v) is 13.8. The van der Waals surface area contributed by atoms with E-state index in [-0.39, 0.29) is 31.2 Å². The van der Waals surface area contributed by atoms with Gasteiger partial charge < -0.3 is 19.1 Å². The van der Waals surface area contributed by atoms with Gasteiger partial charge in [0.25, 0.3) is 5.91 Å². The van der Waals surface area contributed by atoms with Crippen molar-refractivity contribution >= 4 is 5.91 Å². The number of hydrogen-bond acceptors (Lipinski definition) is 4. The zero-order chi connectivity index (χ0) is 17.4. The SMILES string of the molecule is CC1Cc2cc3c(cc2CN1C(=O)COc1ccc(F)cc1)OCO3. The summed E-state index contributed by atoms with van der Waals surface area (Å²) in [6.07, 6.45) is 0.758. The van der Waals surface area contributed by atoms with Crippen LogP contribution < -0.4 is 14.2 Å². The number of nitrogens with zero attached hydrogens (tertiary/aromatic N) is 1. The molecule has 0 spiro atoms. The first kappa shape index (κ1) is 15.7. The molecule has 5 nitrogen and oxygen atoms in total. The molecule has 0 radical (unpaired) electrons. The molecule has 1 unspecified atom stereocenters. The van der Waals surface area contributed by atoms with Crippen molar-refractivity contribution in [3.8, 4) is 17.2 Å². The van der Waals surface area contributed by atoms with E-state index in [1.54, 1.807) is 4.90 Å². The third-order valence-electron chi connectivity index (χ3n) is 4.58. The lowest BCUT2D eigenvalue weighted by Crippen LogP contribution is -2.44. The van der Waals surface area contributed by atoms with Crippen LogP contribution in [-0.4, -0.2) is 30.2 Å². The van der Waals surface area contributed by atoms with Crippen LogP contribution >= 0.6 is 0 Å². The van der Waals surface area contributed by atoms with Crippen LogP contribution in [0.2, 0.25) is 0 Å². The van der Waals surface area contributed by atoms with Crippen molar-refractivity contribution in [3.63, 3.8) is 0 Å². The minimum atomic E-state index is -0.335. The molecular formula is C19H18FNO4. The third-order valence-corrected chi connectivity index (χ3v) is 4.58. The molecule has 2 aliphatic rings. The lowest BCUT2D eigenvalue weighted by molar-refractivity contribution is -0.136. The molecule has 2 aromatic rings. The molecule has 25 heavy (non-hydrogen) atoms. The first-order valence-electron chi connectivity index (χ1n) is 8.19. The lowest BCUT2D eigenvalue weighted by atomic mass is 9.94. The summed E-state index contributed by atoms with van der Waals surface area (Å²) < 4.78 is 29.2. The molecule has 1 amide bonds. The Hall–Kier alpha value is -2.76. The van der Waals surface area contributed by atoms with Crippen LogP contribution in [0.25, 0.3) is 0 Å². The van der Waals surface area contributed by atoms with E-state index in [2.05, 4.69) is 0 Å². The van der Waals surface area contributed by atoms with E-state index < -0.39 is 0 Å². The van der Waals surface area contributed by atoms with E-state index in [9.17, 15) is 9.18 Å². The van der Waals surface area contributed by atoms with Crippen LogP contribution in [0.4, 0.5) is 4.39 Å². The van der Waals surface area contributed by atoms with E-state index in [1.165, 1.54) is 29.8 Å². The van der Waals surface area contributed by atoms with Crippen LogP contribution in [0.3, 0.4) is 0 Å². The first-order chi connectivity index (χ1) is 12.1. The molecule has 130 valence electrons. The largest absolute Gasteiger partial charge is 0.484 e. The molecule has 6 heteroatoms. The Balaban J connectivity index is 1.45. The van der Waals surface area contributed by atoms with Crippen LogP contribution in [0.5, 0.6) is 17.2 Å². The number of fused-ring (bicyclic) bond motifs is 2. The van der Waals surface area contributed by atoms with Crippen LogP contribution in [0.1, 0.15) is 18.1 Å². The molecule has 2 aliphatic heterocycles.